The molecule has 1 rings (SSSR count). The summed E-state index contributed by atoms with van der Waals surface area (Å²) in [6, 6.07) is 0. The molecule has 0 bridgehead atoms. The van der Waals surface area contributed by atoms with Gasteiger partial charge in [0.2, 0.25) is 0 Å². The van der Waals surface area contributed by atoms with Gasteiger partial charge in [-0.3, -0.25) is 0 Å². The van der Waals surface area contributed by atoms with E-state index in [0.29, 0.717) is 0 Å². The predicted molar refractivity (Wildman–Crippen MR) is 51.4 cm³/mol. The van der Waals surface area contributed by atoms with Crippen LogP contribution in [0.4, 0.5) is 0 Å². The Bertz CT molecular complexity index is 74.4. The van der Waals surface area contributed by atoms with Crippen LogP contribution in [0.1, 0.15) is 13.8 Å². The summed E-state index contributed by atoms with van der Waals surface area (Å²) in [5.74, 6) is 2.65. The van der Waals surface area contributed by atoms with Gasteiger partial charge in [-0.1, -0.05) is 35.4 Å². The minimum atomic E-state index is 0.852. The minimum absolute atomic E-state index is 0.852. The molecule has 2 atom stereocenters. The van der Waals surface area contributed by atoms with Gasteiger partial charge in [-0.2, -0.15) is 11.8 Å². The van der Waals surface area contributed by atoms with Gasteiger partial charge in [0.15, 0.2) is 0 Å². The molecule has 1 aliphatic heterocycles. The molecule has 0 aromatic rings. The molecule has 1 fully saturated rings. The normalized spacial score (nSPS) is 38.0. The smallest absolute Gasteiger partial charge is 0.0213 e. The van der Waals surface area contributed by atoms with Gasteiger partial charge >= 0.3 is 0 Å². The van der Waals surface area contributed by atoms with E-state index in [1.807, 2.05) is 21.6 Å². The summed E-state index contributed by atoms with van der Waals surface area (Å²) in [6.07, 6.45) is 0. The number of hydrogen-bond donors (Lipinski definition) is 0. The first kappa shape index (κ1) is 8.15. The van der Waals surface area contributed by atoms with E-state index in [0.717, 1.165) is 10.5 Å². The van der Waals surface area contributed by atoms with Crippen molar-refractivity contribution in [2.45, 2.75) is 24.3 Å². The van der Waals surface area contributed by atoms with E-state index in [2.05, 4.69) is 25.6 Å². The maximum atomic E-state index is 2.32. The lowest BCUT2D eigenvalue weighted by atomic mass is 10.5. The van der Waals surface area contributed by atoms with Gasteiger partial charge in [-0.05, 0) is 0 Å². The lowest BCUT2D eigenvalue weighted by Crippen LogP contribution is -2.00. The Hall–Kier alpha value is 1.05. The Morgan fingerprint density at radius 2 is 1.89 bits per heavy atom. The summed E-state index contributed by atoms with van der Waals surface area (Å²) in [5, 5.41) is 1.72. The van der Waals surface area contributed by atoms with Crippen LogP contribution in [0.25, 0.3) is 0 Å². The Morgan fingerprint density at radius 1 is 1.11 bits per heavy atom. The van der Waals surface area contributed by atoms with Crippen LogP contribution in [-0.4, -0.2) is 22.0 Å². The van der Waals surface area contributed by atoms with Crippen molar-refractivity contribution in [1.29, 1.82) is 0 Å². The topological polar surface area (TPSA) is 0 Å². The van der Waals surface area contributed by atoms with Crippen molar-refractivity contribution in [1.82, 2.24) is 0 Å². The molecule has 1 saturated heterocycles. The summed E-state index contributed by atoms with van der Waals surface area (Å²) in [5.41, 5.74) is 0. The van der Waals surface area contributed by atoms with Crippen LogP contribution in [0.15, 0.2) is 0 Å². The first-order valence-corrected chi connectivity index (χ1v) is 6.62. The van der Waals surface area contributed by atoms with Crippen molar-refractivity contribution in [3.63, 3.8) is 0 Å². The fourth-order valence-corrected chi connectivity index (χ4v) is 5.08. The van der Waals surface area contributed by atoms with Crippen LogP contribution in [0.2, 0.25) is 0 Å². The average Bonchev–Trinajstić information content (AvgIpc) is 1.97. The quantitative estimate of drug-likeness (QED) is 0.526. The Morgan fingerprint density at radius 3 is 2.67 bits per heavy atom. The third-order valence-corrected chi connectivity index (χ3v) is 6.07. The highest BCUT2D eigenvalue weighted by Crippen LogP contribution is 2.35. The largest absolute Gasteiger partial charge is 0.157 e. The highest BCUT2D eigenvalue weighted by atomic mass is 33.1. The monoisotopic (exact) mass is 180 g/mol. The third kappa shape index (κ3) is 3.10. The predicted octanol–water partition coefficient (Wildman–Crippen LogP) is 2.89. The maximum Gasteiger partial charge on any atom is 0.0213 e. The molecule has 0 nitrogen and oxygen atoms in total. The van der Waals surface area contributed by atoms with E-state index in [-0.39, 0.29) is 0 Å². The van der Waals surface area contributed by atoms with Crippen LogP contribution in [0.5, 0.6) is 0 Å². The molecule has 9 heavy (non-hydrogen) atoms. The van der Waals surface area contributed by atoms with Crippen LogP contribution in [-0.2, 0) is 0 Å². The molecule has 0 aromatic carbocycles. The summed E-state index contributed by atoms with van der Waals surface area (Å²) < 4.78 is 0. The van der Waals surface area contributed by atoms with Gasteiger partial charge in [-0.25, -0.2) is 0 Å². The molecule has 0 aliphatic carbocycles. The molecule has 0 N–H and O–H groups in total. The zero-order valence-electron chi connectivity index (χ0n) is 5.79. The average molecular weight is 180 g/mol. The second kappa shape index (κ2) is 4.04. The second-order valence-corrected chi connectivity index (χ2v) is 6.66. The van der Waals surface area contributed by atoms with Gasteiger partial charge in [0.1, 0.15) is 0 Å². The molecule has 2 unspecified atom stereocenters. The SMILES string of the molecule is CC1CSSC(C)CS1. The Kier molecular flexibility index (Phi) is 3.66. The third-order valence-electron chi connectivity index (χ3n) is 1.15. The number of thioether (sulfide) groups is 1. The van der Waals surface area contributed by atoms with Crippen molar-refractivity contribution < 1.29 is 0 Å². The van der Waals surface area contributed by atoms with Crippen LogP contribution in [0, 0.1) is 0 Å². The van der Waals surface area contributed by atoms with Crippen molar-refractivity contribution >= 4 is 33.3 Å². The molecule has 0 aromatic heterocycles. The van der Waals surface area contributed by atoms with E-state index < -0.39 is 0 Å². The van der Waals surface area contributed by atoms with Gasteiger partial charge in [-0.15, -0.1) is 0 Å². The van der Waals surface area contributed by atoms with Gasteiger partial charge in [0, 0.05) is 22.0 Å². The summed E-state index contributed by atoms with van der Waals surface area (Å²) in [6.45, 7) is 4.62. The Balaban J connectivity index is 2.25. The molecule has 0 spiro atoms. The van der Waals surface area contributed by atoms with Crippen molar-refractivity contribution in [2.75, 3.05) is 11.5 Å². The molecule has 0 amide bonds. The molecule has 3 heteroatoms. The molecular formula is C6H12S3. The number of hydrogen-bond acceptors (Lipinski definition) is 3. The van der Waals surface area contributed by atoms with Gasteiger partial charge in [0.25, 0.3) is 0 Å². The van der Waals surface area contributed by atoms with Gasteiger partial charge in [0.05, 0.1) is 0 Å². The first-order chi connectivity index (χ1) is 4.29. The highest BCUT2D eigenvalue weighted by Gasteiger charge is 2.12. The van der Waals surface area contributed by atoms with E-state index in [4.69, 9.17) is 0 Å². The van der Waals surface area contributed by atoms with E-state index in [1.54, 1.807) is 0 Å². The minimum Gasteiger partial charge on any atom is -0.157 e. The zero-order chi connectivity index (χ0) is 6.69. The highest BCUT2D eigenvalue weighted by molar-refractivity contribution is 8.77. The fourth-order valence-electron chi connectivity index (χ4n) is 0.627. The number of rotatable bonds is 0. The summed E-state index contributed by atoms with van der Waals surface area (Å²) in [4.78, 5) is 0. The molecule has 54 valence electrons. The summed E-state index contributed by atoms with van der Waals surface area (Å²) in [7, 11) is 4.07. The standard InChI is InChI=1S/C6H12S3/c1-5-4-8-9-6(2)3-7-5/h5-6H,3-4H2,1-2H3. The van der Waals surface area contributed by atoms with Gasteiger partial charge < -0.3 is 0 Å². The molecule has 0 radical (unpaired) electrons. The molecule has 0 saturated carbocycles. The van der Waals surface area contributed by atoms with E-state index >= 15 is 0 Å². The van der Waals surface area contributed by atoms with Crippen molar-refractivity contribution in [2.24, 2.45) is 0 Å². The molecule has 1 heterocycles. The zero-order valence-corrected chi connectivity index (χ0v) is 8.24. The molecular weight excluding hydrogens is 168 g/mol. The lowest BCUT2D eigenvalue weighted by molar-refractivity contribution is 1.10. The first-order valence-electron chi connectivity index (χ1n) is 3.19. The second-order valence-electron chi connectivity index (χ2n) is 2.34. The van der Waals surface area contributed by atoms with Crippen molar-refractivity contribution in [3.05, 3.63) is 0 Å². The lowest BCUT2D eigenvalue weighted by Gasteiger charge is -2.03. The maximum absolute atomic E-state index is 2.32. The Labute approximate surface area is 69.3 Å². The van der Waals surface area contributed by atoms with Crippen LogP contribution < -0.4 is 0 Å². The van der Waals surface area contributed by atoms with E-state index in [9.17, 15) is 0 Å². The fraction of sp³-hybridized carbons (Fsp3) is 1.00. The molecule has 1 aliphatic rings. The van der Waals surface area contributed by atoms with Crippen LogP contribution in [0.3, 0.4) is 0 Å². The van der Waals surface area contributed by atoms with E-state index in [1.165, 1.54) is 11.5 Å². The van der Waals surface area contributed by atoms with Crippen LogP contribution >= 0.6 is 33.3 Å². The summed E-state index contributed by atoms with van der Waals surface area (Å²) >= 11 is 2.11. The van der Waals surface area contributed by atoms with Crippen molar-refractivity contribution in [3.8, 4) is 0 Å².